The third-order valence-electron chi connectivity index (χ3n) is 8.20. The van der Waals surface area contributed by atoms with Gasteiger partial charge in [-0.2, -0.15) is 0 Å². The van der Waals surface area contributed by atoms with Crippen LogP contribution in [-0.2, 0) is 38.7 Å². The summed E-state index contributed by atoms with van der Waals surface area (Å²) in [6, 6.07) is 32.9. The van der Waals surface area contributed by atoms with Crippen molar-refractivity contribution in [3.05, 3.63) is 125 Å². The fourth-order valence-electron chi connectivity index (χ4n) is 5.50. The average Bonchev–Trinajstić information content (AvgIpc) is 3.59. The second kappa shape index (κ2) is 18.2. The molecule has 5 rings (SSSR count). The summed E-state index contributed by atoms with van der Waals surface area (Å²) in [6.45, 7) is 6.95. The molecular weight excluding hydrogens is 660 g/mol. The Kier molecular flexibility index (Phi) is 13.3. The molecule has 0 bridgehead atoms. The fourth-order valence-corrected chi connectivity index (χ4v) is 5.50. The van der Waals surface area contributed by atoms with Gasteiger partial charge < -0.3 is 34.1 Å². The van der Waals surface area contributed by atoms with Gasteiger partial charge in [-0.15, -0.1) is 0 Å². The molecule has 1 amide bonds. The minimum absolute atomic E-state index is 0.00494. The lowest BCUT2D eigenvalue weighted by molar-refractivity contribution is -0.155. The summed E-state index contributed by atoms with van der Waals surface area (Å²) >= 11 is 0. The zero-order valence-corrected chi connectivity index (χ0v) is 30.1. The maximum absolute atomic E-state index is 13.9. The Labute approximate surface area is 305 Å². The molecule has 1 atom stereocenters. The van der Waals surface area contributed by atoms with Crippen LogP contribution in [-0.4, -0.2) is 60.4 Å². The Morgan fingerprint density at radius 2 is 1.48 bits per heavy atom. The van der Waals surface area contributed by atoms with Gasteiger partial charge in [0.05, 0.1) is 6.61 Å². The molecule has 274 valence electrons. The molecule has 4 aromatic rings. The van der Waals surface area contributed by atoms with E-state index in [4.69, 9.17) is 33.8 Å². The Balaban J connectivity index is 1.27. The molecule has 1 aliphatic heterocycles. The van der Waals surface area contributed by atoms with Crippen molar-refractivity contribution in [2.24, 2.45) is 4.99 Å². The largest absolute Gasteiger partial charge is 0.494 e. The molecule has 0 unspecified atom stereocenters. The van der Waals surface area contributed by atoms with Crippen LogP contribution < -0.4 is 19.5 Å². The Hall–Kier alpha value is -5.35. The van der Waals surface area contributed by atoms with Crippen LogP contribution in [0, 0.1) is 0 Å². The molecule has 2 N–H and O–H groups in total. The van der Waals surface area contributed by atoms with Gasteiger partial charge in [-0.25, -0.2) is 4.99 Å². The maximum Gasteiger partial charge on any atom is 0.306 e. The predicted molar refractivity (Wildman–Crippen MR) is 199 cm³/mol. The summed E-state index contributed by atoms with van der Waals surface area (Å²) in [7, 11) is 0. The van der Waals surface area contributed by atoms with E-state index in [1.807, 2.05) is 78.9 Å². The number of amides is 1. The van der Waals surface area contributed by atoms with Crippen molar-refractivity contribution in [3.63, 3.8) is 0 Å². The minimum Gasteiger partial charge on any atom is -0.494 e. The van der Waals surface area contributed by atoms with E-state index in [-0.39, 0.29) is 32.0 Å². The Bertz CT molecular complexity index is 1770. The van der Waals surface area contributed by atoms with Crippen molar-refractivity contribution in [2.75, 3.05) is 26.4 Å². The van der Waals surface area contributed by atoms with Crippen molar-refractivity contribution in [2.45, 2.75) is 70.8 Å². The number of nitrogens with zero attached hydrogens (tertiary/aromatic N) is 1. The molecule has 4 aromatic carbocycles. The number of esters is 1. The van der Waals surface area contributed by atoms with Crippen LogP contribution in [0.5, 0.6) is 17.2 Å². The van der Waals surface area contributed by atoms with Crippen LogP contribution in [0.3, 0.4) is 0 Å². The summed E-state index contributed by atoms with van der Waals surface area (Å²) in [4.78, 5) is 31.4. The number of aliphatic imine (C=N–C) groups is 1. The van der Waals surface area contributed by atoms with Gasteiger partial charge in [0, 0.05) is 31.6 Å². The van der Waals surface area contributed by atoms with Crippen LogP contribution in [0.25, 0.3) is 0 Å². The number of aliphatic hydroxyl groups excluding tert-OH is 1. The first-order valence-corrected chi connectivity index (χ1v) is 17.7. The smallest absolute Gasteiger partial charge is 0.306 e. The second-order valence-electron chi connectivity index (χ2n) is 13.6. The van der Waals surface area contributed by atoms with E-state index >= 15 is 0 Å². The zero-order chi connectivity index (χ0) is 36.8. The molecule has 0 saturated heterocycles. The lowest BCUT2D eigenvalue weighted by atomic mass is 9.94. The first kappa shape index (κ1) is 37.9. The molecule has 52 heavy (non-hydrogen) atoms. The van der Waals surface area contributed by atoms with Crippen molar-refractivity contribution in [1.29, 1.82) is 0 Å². The summed E-state index contributed by atoms with van der Waals surface area (Å²) in [6.07, 6.45) is 1.16. The summed E-state index contributed by atoms with van der Waals surface area (Å²) in [5.74, 6) is 1.45. The summed E-state index contributed by atoms with van der Waals surface area (Å²) in [5, 5.41) is 12.1. The number of nitrogens with one attached hydrogen (secondary N) is 1. The van der Waals surface area contributed by atoms with Crippen molar-refractivity contribution >= 4 is 17.8 Å². The number of hydrogen-bond acceptors (Lipinski definition) is 9. The molecule has 0 aliphatic carbocycles. The fraction of sp³-hybridized carbons (Fsp3) is 0.357. The number of carbonyl (C=O) groups is 2. The zero-order valence-electron chi connectivity index (χ0n) is 30.1. The van der Waals surface area contributed by atoms with Crippen molar-refractivity contribution < 1.29 is 38.4 Å². The number of carbonyl (C=O) groups excluding carboxylic acids is 2. The molecule has 0 aromatic heterocycles. The standard InChI is InChI=1S/C42H48N2O8/c1-41(2,3)52-38(46)21-23-42(30-51-39(44-42)34-16-18-35(19-17-34)48-26-10-25-45)40(47)43-24-22-31-15-20-36(49-28-32-11-6-4-7-12-32)37(27-31)50-29-33-13-8-5-9-14-33/h4-9,11-20,27,45H,10,21-26,28-30H2,1-3H3,(H,43,47)/t42-/m1/s1. The highest BCUT2D eigenvalue weighted by Crippen LogP contribution is 2.31. The number of ether oxygens (including phenoxy) is 5. The van der Waals surface area contributed by atoms with E-state index in [2.05, 4.69) is 5.32 Å². The third kappa shape index (κ3) is 11.3. The molecule has 1 aliphatic rings. The van der Waals surface area contributed by atoms with Crippen molar-refractivity contribution in [1.82, 2.24) is 5.32 Å². The molecule has 0 saturated carbocycles. The van der Waals surface area contributed by atoms with E-state index in [1.54, 1.807) is 45.0 Å². The minimum atomic E-state index is -1.32. The Morgan fingerprint density at radius 3 is 2.12 bits per heavy atom. The van der Waals surface area contributed by atoms with Crippen LogP contribution in [0.1, 0.15) is 62.3 Å². The van der Waals surface area contributed by atoms with Gasteiger partial charge in [-0.05, 0) is 86.7 Å². The second-order valence-corrected chi connectivity index (χ2v) is 13.6. The highest BCUT2D eigenvalue weighted by Gasteiger charge is 2.44. The van der Waals surface area contributed by atoms with Gasteiger partial charge in [-0.3, -0.25) is 9.59 Å². The van der Waals surface area contributed by atoms with Gasteiger partial charge in [0.15, 0.2) is 17.0 Å². The third-order valence-corrected chi connectivity index (χ3v) is 8.20. The molecule has 0 fully saturated rings. The van der Waals surface area contributed by atoms with E-state index < -0.39 is 17.1 Å². The lowest BCUT2D eigenvalue weighted by Gasteiger charge is -2.24. The number of rotatable bonds is 18. The molecule has 0 spiro atoms. The van der Waals surface area contributed by atoms with Gasteiger partial charge in [0.2, 0.25) is 5.90 Å². The molecule has 1 heterocycles. The number of hydrogen-bond donors (Lipinski definition) is 2. The van der Waals surface area contributed by atoms with E-state index in [9.17, 15) is 9.59 Å². The van der Waals surface area contributed by atoms with Gasteiger partial charge in [-0.1, -0.05) is 66.7 Å². The molecule has 10 heteroatoms. The van der Waals surface area contributed by atoms with Gasteiger partial charge in [0.25, 0.3) is 5.91 Å². The number of aliphatic hydroxyl groups is 1. The topological polar surface area (TPSA) is 125 Å². The van der Waals surface area contributed by atoms with Crippen LogP contribution in [0.15, 0.2) is 108 Å². The highest BCUT2D eigenvalue weighted by atomic mass is 16.6. The highest BCUT2D eigenvalue weighted by molar-refractivity contribution is 6.00. The predicted octanol–water partition coefficient (Wildman–Crippen LogP) is 6.60. The first-order chi connectivity index (χ1) is 25.1. The summed E-state index contributed by atoms with van der Waals surface area (Å²) < 4.78 is 29.6. The SMILES string of the molecule is CC(C)(C)OC(=O)CC[C@]1(C(=O)NCCc2ccc(OCc3ccccc3)c(OCc3ccccc3)c2)COC(c2ccc(OCCCO)cc2)=N1. The van der Waals surface area contributed by atoms with Gasteiger partial charge in [0.1, 0.15) is 31.2 Å². The van der Waals surface area contributed by atoms with Crippen LogP contribution in [0.4, 0.5) is 0 Å². The molecule has 0 radical (unpaired) electrons. The van der Waals surface area contributed by atoms with E-state index in [0.29, 0.717) is 67.9 Å². The normalized spacial score (nSPS) is 15.3. The number of benzene rings is 4. The van der Waals surface area contributed by atoms with E-state index in [1.165, 1.54) is 0 Å². The lowest BCUT2D eigenvalue weighted by Crippen LogP contribution is -2.47. The van der Waals surface area contributed by atoms with E-state index in [0.717, 1.165) is 16.7 Å². The van der Waals surface area contributed by atoms with Crippen LogP contribution in [0.2, 0.25) is 0 Å². The van der Waals surface area contributed by atoms with Crippen LogP contribution >= 0.6 is 0 Å². The quantitative estimate of drug-likeness (QED) is 0.0876. The Morgan fingerprint density at radius 1 is 0.827 bits per heavy atom. The van der Waals surface area contributed by atoms with Crippen molar-refractivity contribution in [3.8, 4) is 17.2 Å². The molecular formula is C42H48N2O8. The first-order valence-electron chi connectivity index (χ1n) is 17.7. The monoisotopic (exact) mass is 708 g/mol. The molecule has 10 nitrogen and oxygen atoms in total. The summed E-state index contributed by atoms with van der Waals surface area (Å²) in [5.41, 5.74) is 1.74. The maximum atomic E-state index is 13.9. The van der Waals surface area contributed by atoms with Gasteiger partial charge >= 0.3 is 5.97 Å². The average molecular weight is 709 g/mol.